The second-order valence-electron chi connectivity index (χ2n) is 5.56. The van der Waals surface area contributed by atoms with Gasteiger partial charge in [-0.15, -0.1) is 0 Å². The molecule has 0 aliphatic carbocycles. The molecule has 2 rings (SSSR count). The summed E-state index contributed by atoms with van der Waals surface area (Å²) in [6.45, 7) is 7.49. The lowest BCUT2D eigenvalue weighted by molar-refractivity contribution is -0.137. The molecule has 0 bridgehead atoms. The molecule has 0 spiro atoms. The number of aliphatic carboxylic acids is 1. The number of carboxylic acid groups (broad SMARTS) is 1. The van der Waals surface area contributed by atoms with Crippen molar-refractivity contribution in [1.29, 1.82) is 0 Å². The SMILES string of the molecule is C=C1C=C(CCc2cccc(F)c2F)N(CC(=O)O)C(C)=C1C. The molecule has 1 aromatic carbocycles. The average Bonchev–Trinajstić information content (AvgIpc) is 2.49. The molecule has 0 amide bonds. The third kappa shape index (κ3) is 3.67. The zero-order valence-electron chi connectivity index (χ0n) is 13.2. The van der Waals surface area contributed by atoms with Crippen LogP contribution in [-0.2, 0) is 11.2 Å². The van der Waals surface area contributed by atoms with Crippen LogP contribution in [0.3, 0.4) is 0 Å². The molecule has 0 unspecified atom stereocenters. The number of rotatable bonds is 5. The predicted octanol–water partition coefficient (Wildman–Crippen LogP) is 4.03. The van der Waals surface area contributed by atoms with Gasteiger partial charge in [-0.05, 0) is 55.5 Å². The summed E-state index contributed by atoms with van der Waals surface area (Å²) in [5, 5.41) is 9.10. The van der Waals surface area contributed by atoms with E-state index in [0.29, 0.717) is 6.42 Å². The number of halogens is 2. The van der Waals surface area contributed by atoms with Gasteiger partial charge in [0.1, 0.15) is 6.54 Å². The van der Waals surface area contributed by atoms with Crippen molar-refractivity contribution in [1.82, 2.24) is 4.90 Å². The van der Waals surface area contributed by atoms with E-state index in [-0.39, 0.29) is 18.5 Å². The van der Waals surface area contributed by atoms with Crippen LogP contribution in [0, 0.1) is 11.6 Å². The Kier molecular flexibility index (Phi) is 4.98. The minimum absolute atomic E-state index is 0.173. The molecule has 1 heterocycles. The lowest BCUT2D eigenvalue weighted by atomic mass is 9.97. The summed E-state index contributed by atoms with van der Waals surface area (Å²) in [7, 11) is 0. The summed E-state index contributed by atoms with van der Waals surface area (Å²) in [4.78, 5) is 12.8. The highest BCUT2D eigenvalue weighted by molar-refractivity contribution is 5.70. The molecule has 0 aromatic heterocycles. The molecule has 1 aliphatic rings. The molecule has 0 atom stereocenters. The molecule has 0 fully saturated rings. The summed E-state index contributed by atoms with van der Waals surface area (Å²) in [5.41, 5.74) is 3.56. The van der Waals surface area contributed by atoms with E-state index in [1.807, 2.05) is 19.9 Å². The first-order chi connectivity index (χ1) is 10.8. The fraction of sp³-hybridized carbons (Fsp3) is 0.278. The Bertz CT molecular complexity index is 720. The molecule has 0 radical (unpaired) electrons. The van der Waals surface area contributed by atoms with Gasteiger partial charge in [0, 0.05) is 11.4 Å². The lowest BCUT2D eigenvalue weighted by Gasteiger charge is -2.32. The maximum atomic E-state index is 13.7. The number of hydrogen-bond donors (Lipinski definition) is 1. The van der Waals surface area contributed by atoms with Crippen LogP contribution in [0.2, 0.25) is 0 Å². The molecule has 1 N–H and O–H groups in total. The first-order valence-corrected chi connectivity index (χ1v) is 7.30. The van der Waals surface area contributed by atoms with Gasteiger partial charge in [-0.2, -0.15) is 0 Å². The minimum Gasteiger partial charge on any atom is -0.480 e. The monoisotopic (exact) mass is 319 g/mol. The van der Waals surface area contributed by atoms with Gasteiger partial charge < -0.3 is 10.0 Å². The summed E-state index contributed by atoms with van der Waals surface area (Å²) < 4.78 is 27.0. The number of aryl methyl sites for hydroxylation is 1. The fourth-order valence-electron chi connectivity index (χ4n) is 2.60. The van der Waals surface area contributed by atoms with Crippen molar-refractivity contribution in [3.8, 4) is 0 Å². The topological polar surface area (TPSA) is 40.5 Å². The van der Waals surface area contributed by atoms with Crippen molar-refractivity contribution >= 4 is 5.97 Å². The van der Waals surface area contributed by atoms with E-state index in [0.717, 1.165) is 28.6 Å². The van der Waals surface area contributed by atoms with Crippen LogP contribution in [0.4, 0.5) is 8.78 Å². The van der Waals surface area contributed by atoms with Crippen LogP contribution in [0.1, 0.15) is 25.8 Å². The summed E-state index contributed by atoms with van der Waals surface area (Å²) in [5.74, 6) is -2.68. The van der Waals surface area contributed by atoms with E-state index >= 15 is 0 Å². The second kappa shape index (κ2) is 6.77. The third-order valence-electron chi connectivity index (χ3n) is 4.09. The second-order valence-corrected chi connectivity index (χ2v) is 5.56. The Balaban J connectivity index is 2.22. The van der Waals surface area contributed by atoms with Crippen LogP contribution >= 0.6 is 0 Å². The molecular formula is C18H19F2NO2. The zero-order chi connectivity index (χ0) is 17.1. The van der Waals surface area contributed by atoms with Crippen molar-refractivity contribution in [2.75, 3.05) is 6.54 Å². The molecule has 1 aliphatic heterocycles. The summed E-state index contributed by atoms with van der Waals surface area (Å²) in [6.07, 6.45) is 2.49. The van der Waals surface area contributed by atoms with E-state index in [2.05, 4.69) is 6.58 Å². The van der Waals surface area contributed by atoms with Gasteiger partial charge in [0.25, 0.3) is 0 Å². The lowest BCUT2D eigenvalue weighted by Crippen LogP contribution is -2.30. The van der Waals surface area contributed by atoms with Crippen molar-refractivity contribution < 1.29 is 18.7 Å². The van der Waals surface area contributed by atoms with Gasteiger partial charge in [0.15, 0.2) is 11.6 Å². The molecule has 1 aromatic rings. The van der Waals surface area contributed by atoms with Crippen LogP contribution in [0.15, 0.2) is 53.4 Å². The number of nitrogens with zero attached hydrogens (tertiary/aromatic N) is 1. The molecular weight excluding hydrogens is 300 g/mol. The number of carboxylic acids is 1. The van der Waals surface area contributed by atoms with E-state index < -0.39 is 17.6 Å². The van der Waals surface area contributed by atoms with E-state index in [4.69, 9.17) is 5.11 Å². The molecule has 5 heteroatoms. The maximum Gasteiger partial charge on any atom is 0.323 e. The number of allylic oxidation sites excluding steroid dienone is 5. The Morgan fingerprint density at radius 3 is 2.61 bits per heavy atom. The Labute approximate surface area is 134 Å². The van der Waals surface area contributed by atoms with Crippen LogP contribution in [-0.4, -0.2) is 22.5 Å². The minimum atomic E-state index is -0.951. The van der Waals surface area contributed by atoms with Crippen LogP contribution in [0.25, 0.3) is 0 Å². The Morgan fingerprint density at radius 1 is 1.26 bits per heavy atom. The van der Waals surface area contributed by atoms with Gasteiger partial charge in [-0.1, -0.05) is 18.7 Å². The van der Waals surface area contributed by atoms with Crippen molar-refractivity contribution in [3.63, 3.8) is 0 Å². The number of hydrogen-bond acceptors (Lipinski definition) is 2. The first-order valence-electron chi connectivity index (χ1n) is 7.30. The van der Waals surface area contributed by atoms with E-state index in [1.165, 1.54) is 12.1 Å². The van der Waals surface area contributed by atoms with E-state index in [9.17, 15) is 13.6 Å². The fourth-order valence-corrected chi connectivity index (χ4v) is 2.60. The van der Waals surface area contributed by atoms with Crippen molar-refractivity contribution in [3.05, 3.63) is 70.6 Å². The maximum absolute atomic E-state index is 13.7. The Morgan fingerprint density at radius 2 is 1.96 bits per heavy atom. The standard InChI is InChI=1S/C18H19F2NO2/c1-11-9-15(21(10-17(22)23)13(3)12(11)2)8-7-14-5-4-6-16(19)18(14)20/h4-6,9H,1,7-8,10H2,2-3H3,(H,22,23). The molecule has 3 nitrogen and oxygen atoms in total. The van der Waals surface area contributed by atoms with Gasteiger partial charge >= 0.3 is 5.97 Å². The molecule has 122 valence electrons. The highest BCUT2D eigenvalue weighted by Crippen LogP contribution is 2.30. The number of benzene rings is 1. The smallest absolute Gasteiger partial charge is 0.323 e. The number of carbonyl (C=O) groups is 1. The van der Waals surface area contributed by atoms with Crippen molar-refractivity contribution in [2.24, 2.45) is 0 Å². The summed E-state index contributed by atoms with van der Waals surface area (Å²) >= 11 is 0. The average molecular weight is 319 g/mol. The Hall–Kier alpha value is -2.43. The highest BCUT2D eigenvalue weighted by Gasteiger charge is 2.22. The van der Waals surface area contributed by atoms with Gasteiger partial charge in [0.2, 0.25) is 0 Å². The van der Waals surface area contributed by atoms with Crippen LogP contribution in [0.5, 0.6) is 0 Å². The predicted molar refractivity (Wildman–Crippen MR) is 84.6 cm³/mol. The van der Waals surface area contributed by atoms with Crippen LogP contribution < -0.4 is 0 Å². The van der Waals surface area contributed by atoms with Gasteiger partial charge in [-0.3, -0.25) is 4.79 Å². The van der Waals surface area contributed by atoms with Crippen molar-refractivity contribution in [2.45, 2.75) is 26.7 Å². The molecule has 23 heavy (non-hydrogen) atoms. The normalized spacial score (nSPS) is 15.0. The van der Waals surface area contributed by atoms with Gasteiger partial charge in [0.05, 0.1) is 0 Å². The molecule has 0 saturated heterocycles. The zero-order valence-corrected chi connectivity index (χ0v) is 13.2. The van der Waals surface area contributed by atoms with Gasteiger partial charge in [-0.25, -0.2) is 8.78 Å². The molecule has 0 saturated carbocycles. The first kappa shape index (κ1) is 16.9. The van der Waals surface area contributed by atoms with E-state index in [1.54, 1.807) is 4.90 Å². The highest BCUT2D eigenvalue weighted by atomic mass is 19.2. The largest absolute Gasteiger partial charge is 0.480 e. The summed E-state index contributed by atoms with van der Waals surface area (Å²) in [6, 6.07) is 4.08. The quantitative estimate of drug-likeness (QED) is 0.891. The third-order valence-corrected chi connectivity index (χ3v) is 4.09.